The zero-order valence-corrected chi connectivity index (χ0v) is 14.8. The monoisotopic (exact) mass is 330 g/mol. The molecule has 0 aromatic heterocycles. The Morgan fingerprint density at radius 2 is 1.79 bits per heavy atom. The van der Waals surface area contributed by atoms with Crippen molar-refractivity contribution in [3.63, 3.8) is 0 Å². The first-order valence-corrected chi connectivity index (χ1v) is 9.16. The third kappa shape index (κ3) is 4.71. The summed E-state index contributed by atoms with van der Waals surface area (Å²) < 4.78 is 0. The summed E-state index contributed by atoms with van der Waals surface area (Å²) in [6.07, 6.45) is 3.35. The van der Waals surface area contributed by atoms with Crippen LogP contribution in [0.15, 0.2) is 30.3 Å². The Morgan fingerprint density at radius 3 is 2.46 bits per heavy atom. The standard InChI is InChI=1S/C19H30N4O/c1-22-12-14-23(15-13-22)11-5-10-20-18(24)21-16-19(8-9-19)17-6-3-2-4-7-17/h2-4,6-7H,5,8-16H2,1H3,(H2,20,21,24). The lowest BCUT2D eigenvalue weighted by Crippen LogP contribution is -2.45. The molecule has 1 saturated heterocycles. The lowest BCUT2D eigenvalue weighted by molar-refractivity contribution is 0.153. The summed E-state index contributed by atoms with van der Waals surface area (Å²) >= 11 is 0. The van der Waals surface area contributed by atoms with Crippen LogP contribution in [0.1, 0.15) is 24.8 Å². The van der Waals surface area contributed by atoms with Crippen molar-refractivity contribution in [1.82, 2.24) is 20.4 Å². The third-order valence-electron chi connectivity index (χ3n) is 5.36. The number of hydrogen-bond donors (Lipinski definition) is 2. The van der Waals surface area contributed by atoms with Crippen molar-refractivity contribution in [2.75, 3.05) is 52.9 Å². The van der Waals surface area contributed by atoms with E-state index in [0.29, 0.717) is 0 Å². The number of carbonyl (C=O) groups is 1. The van der Waals surface area contributed by atoms with Gasteiger partial charge in [0.2, 0.25) is 0 Å². The molecule has 1 aliphatic heterocycles. The molecule has 24 heavy (non-hydrogen) atoms. The summed E-state index contributed by atoms with van der Waals surface area (Å²) in [7, 11) is 2.17. The highest BCUT2D eigenvalue weighted by Crippen LogP contribution is 2.47. The van der Waals surface area contributed by atoms with E-state index in [9.17, 15) is 4.79 Å². The maximum Gasteiger partial charge on any atom is 0.314 e. The largest absolute Gasteiger partial charge is 0.338 e. The van der Waals surface area contributed by atoms with Crippen LogP contribution in [0.2, 0.25) is 0 Å². The zero-order valence-electron chi connectivity index (χ0n) is 14.8. The minimum atomic E-state index is -0.0319. The van der Waals surface area contributed by atoms with E-state index < -0.39 is 0 Å². The molecule has 132 valence electrons. The quantitative estimate of drug-likeness (QED) is 0.748. The van der Waals surface area contributed by atoms with Gasteiger partial charge in [0.15, 0.2) is 0 Å². The molecule has 0 spiro atoms. The van der Waals surface area contributed by atoms with Crippen molar-refractivity contribution in [3.05, 3.63) is 35.9 Å². The van der Waals surface area contributed by atoms with Gasteiger partial charge in [-0.05, 0) is 38.4 Å². The van der Waals surface area contributed by atoms with Gasteiger partial charge in [0.1, 0.15) is 0 Å². The summed E-state index contributed by atoms with van der Waals surface area (Å²) in [5.41, 5.74) is 1.53. The maximum atomic E-state index is 12.0. The van der Waals surface area contributed by atoms with Crippen molar-refractivity contribution < 1.29 is 4.79 Å². The minimum Gasteiger partial charge on any atom is -0.338 e. The average molecular weight is 330 g/mol. The van der Waals surface area contributed by atoms with Crippen molar-refractivity contribution in [3.8, 4) is 0 Å². The fraction of sp³-hybridized carbons (Fsp3) is 0.632. The van der Waals surface area contributed by atoms with Gasteiger partial charge in [-0.2, -0.15) is 0 Å². The number of benzene rings is 1. The van der Waals surface area contributed by atoms with Crippen LogP contribution in [0.4, 0.5) is 4.79 Å². The summed E-state index contributed by atoms with van der Waals surface area (Å²) in [4.78, 5) is 16.8. The second-order valence-corrected chi connectivity index (χ2v) is 7.25. The molecule has 1 aromatic carbocycles. The smallest absolute Gasteiger partial charge is 0.314 e. The highest BCUT2D eigenvalue weighted by atomic mass is 16.2. The Morgan fingerprint density at radius 1 is 1.08 bits per heavy atom. The van der Waals surface area contributed by atoms with Crippen LogP contribution in [0, 0.1) is 0 Å². The molecule has 2 fully saturated rings. The maximum absolute atomic E-state index is 12.0. The van der Waals surface area contributed by atoms with Crippen molar-refractivity contribution in [1.29, 1.82) is 0 Å². The van der Waals surface area contributed by atoms with Gasteiger partial charge in [0.25, 0.3) is 0 Å². The molecule has 2 N–H and O–H groups in total. The number of nitrogens with one attached hydrogen (secondary N) is 2. The molecular weight excluding hydrogens is 300 g/mol. The molecule has 0 radical (unpaired) electrons. The first-order valence-electron chi connectivity index (χ1n) is 9.16. The fourth-order valence-electron chi connectivity index (χ4n) is 3.40. The summed E-state index contributed by atoms with van der Waals surface area (Å²) in [6, 6.07) is 10.5. The molecule has 0 atom stereocenters. The minimum absolute atomic E-state index is 0.0319. The van der Waals surface area contributed by atoms with E-state index in [0.717, 1.165) is 52.2 Å². The molecule has 1 saturated carbocycles. The SMILES string of the molecule is CN1CCN(CCCNC(=O)NCC2(c3ccccc3)CC2)CC1. The first-order chi connectivity index (χ1) is 11.7. The molecule has 2 amide bonds. The highest BCUT2D eigenvalue weighted by Gasteiger charge is 2.44. The van der Waals surface area contributed by atoms with Gasteiger partial charge in [0.05, 0.1) is 0 Å². The van der Waals surface area contributed by atoms with Crippen LogP contribution < -0.4 is 10.6 Å². The molecule has 1 aromatic rings. The van der Waals surface area contributed by atoms with E-state index >= 15 is 0 Å². The van der Waals surface area contributed by atoms with E-state index in [4.69, 9.17) is 0 Å². The first kappa shape index (κ1) is 17.2. The molecule has 0 bridgehead atoms. The third-order valence-corrected chi connectivity index (χ3v) is 5.36. The average Bonchev–Trinajstić information content (AvgIpc) is 3.41. The van der Waals surface area contributed by atoms with E-state index in [-0.39, 0.29) is 11.4 Å². The van der Waals surface area contributed by atoms with Crippen LogP contribution in [-0.4, -0.2) is 68.7 Å². The number of rotatable bonds is 7. The molecule has 2 aliphatic rings. The van der Waals surface area contributed by atoms with Crippen molar-refractivity contribution >= 4 is 6.03 Å². The second kappa shape index (κ2) is 7.99. The van der Waals surface area contributed by atoms with E-state index in [2.05, 4.69) is 51.7 Å². The number of piperazine rings is 1. The number of urea groups is 1. The Balaban J connectivity index is 1.29. The van der Waals surface area contributed by atoms with Gasteiger partial charge in [-0.25, -0.2) is 4.79 Å². The Bertz CT molecular complexity index is 521. The van der Waals surface area contributed by atoms with Crippen LogP contribution >= 0.6 is 0 Å². The number of hydrogen-bond acceptors (Lipinski definition) is 3. The Hall–Kier alpha value is -1.59. The number of carbonyl (C=O) groups excluding carboxylic acids is 1. The fourth-order valence-corrected chi connectivity index (χ4v) is 3.40. The zero-order chi connectivity index (χ0) is 16.8. The van der Waals surface area contributed by atoms with Crippen LogP contribution in [-0.2, 0) is 5.41 Å². The molecule has 1 aliphatic carbocycles. The van der Waals surface area contributed by atoms with Gasteiger partial charge >= 0.3 is 6.03 Å². The van der Waals surface area contributed by atoms with Gasteiger partial charge in [-0.3, -0.25) is 0 Å². The highest BCUT2D eigenvalue weighted by molar-refractivity contribution is 5.74. The van der Waals surface area contributed by atoms with Crippen molar-refractivity contribution in [2.24, 2.45) is 0 Å². The number of nitrogens with zero attached hydrogens (tertiary/aromatic N) is 2. The molecule has 5 nitrogen and oxygen atoms in total. The molecule has 0 unspecified atom stereocenters. The van der Waals surface area contributed by atoms with Gasteiger partial charge in [-0.1, -0.05) is 30.3 Å². The Kier molecular flexibility index (Phi) is 5.74. The van der Waals surface area contributed by atoms with Gasteiger partial charge < -0.3 is 20.4 Å². The predicted octanol–water partition coefficient (Wildman–Crippen LogP) is 1.65. The van der Waals surface area contributed by atoms with Crippen molar-refractivity contribution in [2.45, 2.75) is 24.7 Å². The number of amides is 2. The second-order valence-electron chi connectivity index (χ2n) is 7.25. The Labute approximate surface area is 145 Å². The number of likely N-dealkylation sites (N-methyl/N-ethyl adjacent to an activating group) is 1. The molecular formula is C19H30N4O. The van der Waals surface area contributed by atoms with Crippen LogP contribution in [0.3, 0.4) is 0 Å². The van der Waals surface area contributed by atoms with Gasteiger partial charge in [0, 0.05) is 44.7 Å². The molecule has 5 heteroatoms. The van der Waals surface area contributed by atoms with E-state index in [1.165, 1.54) is 18.4 Å². The summed E-state index contributed by atoms with van der Waals surface area (Å²) in [5.74, 6) is 0. The lowest BCUT2D eigenvalue weighted by Gasteiger charge is -2.32. The van der Waals surface area contributed by atoms with E-state index in [1.54, 1.807) is 0 Å². The van der Waals surface area contributed by atoms with Crippen LogP contribution in [0.25, 0.3) is 0 Å². The lowest BCUT2D eigenvalue weighted by atomic mass is 9.96. The molecule has 3 rings (SSSR count). The summed E-state index contributed by atoms with van der Waals surface area (Å²) in [6.45, 7) is 7.13. The van der Waals surface area contributed by atoms with E-state index in [1.807, 2.05) is 6.07 Å². The predicted molar refractivity (Wildman–Crippen MR) is 97.3 cm³/mol. The molecule has 1 heterocycles. The summed E-state index contributed by atoms with van der Waals surface area (Å²) in [5, 5.41) is 6.05. The normalized spacial score (nSPS) is 20.5. The van der Waals surface area contributed by atoms with Crippen LogP contribution in [0.5, 0.6) is 0 Å². The van der Waals surface area contributed by atoms with Gasteiger partial charge in [-0.15, -0.1) is 0 Å². The topological polar surface area (TPSA) is 47.6 Å².